The van der Waals surface area contributed by atoms with Crippen LogP contribution in [0.3, 0.4) is 0 Å². The smallest absolute Gasteiger partial charge is 0.245 e. The predicted octanol–water partition coefficient (Wildman–Crippen LogP) is 2.33. The van der Waals surface area contributed by atoms with E-state index < -0.39 is 72.2 Å². The lowest BCUT2D eigenvalue weighted by molar-refractivity contribution is -0.238. The second-order valence-electron chi connectivity index (χ2n) is 18.3. The third-order valence-electron chi connectivity index (χ3n) is 13.3. The Bertz CT molecular complexity index is 2390. The van der Waals surface area contributed by atoms with Gasteiger partial charge in [0.15, 0.2) is 6.23 Å². The van der Waals surface area contributed by atoms with Crippen molar-refractivity contribution in [2.24, 2.45) is 23.3 Å². The van der Waals surface area contributed by atoms with Gasteiger partial charge >= 0.3 is 0 Å². The van der Waals surface area contributed by atoms with Crippen LogP contribution in [0, 0.1) is 23.5 Å². The van der Waals surface area contributed by atoms with Crippen molar-refractivity contribution in [1.82, 2.24) is 30.0 Å². The number of likely N-dealkylation sites (tertiary alicyclic amines) is 2. The first-order valence-corrected chi connectivity index (χ1v) is 22.4. The number of rotatable bonds is 14. The van der Waals surface area contributed by atoms with Crippen molar-refractivity contribution in [1.29, 1.82) is 0 Å². The number of nitrogens with zero attached hydrogens (tertiary/aromatic N) is 3. The van der Waals surface area contributed by atoms with Gasteiger partial charge in [-0.2, -0.15) is 0 Å². The number of aromatic nitrogens is 2. The second-order valence-corrected chi connectivity index (χ2v) is 18.3. The number of ether oxygens (including phenoxy) is 1. The summed E-state index contributed by atoms with van der Waals surface area (Å²) in [5.74, 6) is -3.08. The largest absolute Gasteiger partial charge is 0.388 e. The van der Waals surface area contributed by atoms with Crippen LogP contribution in [0.1, 0.15) is 77.7 Å². The van der Waals surface area contributed by atoms with Gasteiger partial charge in [-0.1, -0.05) is 27.7 Å². The van der Waals surface area contributed by atoms with Crippen molar-refractivity contribution in [2.75, 3.05) is 26.2 Å². The summed E-state index contributed by atoms with van der Waals surface area (Å²) in [7, 11) is 0. The van der Waals surface area contributed by atoms with Gasteiger partial charge in [0.1, 0.15) is 42.0 Å². The van der Waals surface area contributed by atoms with Crippen LogP contribution in [0.15, 0.2) is 36.4 Å². The van der Waals surface area contributed by atoms with Crippen LogP contribution in [-0.2, 0) is 36.8 Å². The lowest BCUT2D eigenvalue weighted by atomic mass is 9.94. The standard InChI is InChI=1S/C46H62F2N8O8/c1-22(2)37(52-35(57)20-49)44(62)54-14-6-8-27(54)18-31-29-12-10-25(47)16-33(29)51-39(31)40-32(19-28-9-7-15-55(28)45(63)38(23(3)4)53-36(58)21-50)30-13-11-26(48)17-34(30)56(40)46-43(61)42(60)41(59)24(5)64-46/h10-13,16-17,22-24,27-28,37-38,41-43,46,51,59-61H,6-9,14-15,18-21,49-50H2,1-5H3,(H,52,57)(H,53,58)/t24-,27-,28-,37-,38-,41+,42+,43-,46?/m0/s1. The first-order valence-electron chi connectivity index (χ1n) is 22.4. The van der Waals surface area contributed by atoms with Crippen LogP contribution >= 0.6 is 0 Å². The van der Waals surface area contributed by atoms with E-state index in [9.17, 15) is 34.5 Å². The zero-order valence-corrected chi connectivity index (χ0v) is 37.0. The second kappa shape index (κ2) is 19.2. The van der Waals surface area contributed by atoms with Gasteiger partial charge in [-0.3, -0.25) is 19.2 Å². The Kier molecular flexibility index (Phi) is 14.1. The molecule has 18 heteroatoms. The fraction of sp³-hybridized carbons (Fsp3) is 0.565. The minimum atomic E-state index is -1.70. The lowest BCUT2D eigenvalue weighted by Crippen LogP contribution is -2.54. The summed E-state index contributed by atoms with van der Waals surface area (Å²) >= 11 is 0. The number of fused-ring (bicyclic) bond motifs is 2. The Morgan fingerprint density at radius 3 is 1.81 bits per heavy atom. The molecule has 0 bridgehead atoms. The SMILES string of the molecule is CC(C)[C@H](NC(=O)CN)C(=O)N1CCC[C@H]1Cc1c(-c2c(C[C@@H]3CCCN3C(=O)[C@@H](NC(=O)CN)C(C)C)c3ccc(F)cc3n2C2O[C@@H](C)[C@@H](O)[C@@H](O)[C@@H]2O)[nH]c2cc(F)ccc12. The van der Waals surface area contributed by atoms with E-state index in [0.29, 0.717) is 83.1 Å². The van der Waals surface area contributed by atoms with Gasteiger partial charge in [0, 0.05) is 41.5 Å². The monoisotopic (exact) mass is 892 g/mol. The quantitative estimate of drug-likeness (QED) is 0.0920. The van der Waals surface area contributed by atoms with Crippen LogP contribution in [0.4, 0.5) is 8.78 Å². The molecule has 0 aliphatic carbocycles. The van der Waals surface area contributed by atoms with E-state index in [0.717, 1.165) is 0 Å². The number of amides is 4. The maximum absolute atomic E-state index is 15.6. The molecule has 5 heterocycles. The van der Waals surface area contributed by atoms with Crippen molar-refractivity contribution in [3.05, 3.63) is 59.2 Å². The van der Waals surface area contributed by atoms with Crippen molar-refractivity contribution in [3.63, 3.8) is 0 Å². The van der Waals surface area contributed by atoms with E-state index in [-0.39, 0.29) is 55.6 Å². The number of hydrogen-bond acceptors (Lipinski definition) is 10. The number of aliphatic hydroxyl groups is 3. The number of nitrogens with one attached hydrogen (secondary N) is 3. The molecule has 9 atom stereocenters. The minimum Gasteiger partial charge on any atom is -0.388 e. The Morgan fingerprint density at radius 2 is 1.28 bits per heavy atom. The fourth-order valence-electron chi connectivity index (χ4n) is 9.98. The van der Waals surface area contributed by atoms with Crippen LogP contribution in [0.5, 0.6) is 0 Å². The van der Waals surface area contributed by atoms with E-state index in [4.69, 9.17) is 16.2 Å². The molecule has 348 valence electrons. The van der Waals surface area contributed by atoms with Gasteiger partial charge in [-0.25, -0.2) is 8.78 Å². The van der Waals surface area contributed by atoms with E-state index in [1.807, 2.05) is 27.7 Å². The van der Waals surface area contributed by atoms with Crippen LogP contribution in [0.2, 0.25) is 0 Å². The Hall–Kier alpha value is -4.98. The van der Waals surface area contributed by atoms with Crippen LogP contribution in [0.25, 0.3) is 33.2 Å². The zero-order valence-electron chi connectivity index (χ0n) is 37.0. The van der Waals surface area contributed by atoms with Gasteiger partial charge in [-0.15, -0.1) is 0 Å². The number of aliphatic hydroxyl groups excluding tert-OH is 3. The summed E-state index contributed by atoms with van der Waals surface area (Å²) in [5, 5.41) is 40.5. The van der Waals surface area contributed by atoms with Crippen LogP contribution in [-0.4, -0.2) is 133 Å². The molecule has 10 N–H and O–H groups in total. The number of benzene rings is 2. The number of hydrogen-bond donors (Lipinski definition) is 8. The van der Waals surface area contributed by atoms with Crippen molar-refractivity contribution in [3.8, 4) is 11.4 Å². The molecule has 64 heavy (non-hydrogen) atoms. The number of nitrogens with two attached hydrogens (primary N) is 2. The highest BCUT2D eigenvalue weighted by molar-refractivity contribution is 5.97. The van der Waals surface area contributed by atoms with Gasteiger partial charge in [-0.05, 0) is 105 Å². The molecule has 0 spiro atoms. The summed E-state index contributed by atoms with van der Waals surface area (Å²) in [6.07, 6.45) is -4.16. The molecule has 2 aromatic carbocycles. The van der Waals surface area contributed by atoms with E-state index in [2.05, 4.69) is 15.6 Å². The van der Waals surface area contributed by atoms with Gasteiger partial charge in [0.05, 0.1) is 36.1 Å². The molecule has 1 unspecified atom stereocenters. The number of carbonyl (C=O) groups excluding carboxylic acids is 4. The maximum Gasteiger partial charge on any atom is 0.245 e. The highest BCUT2D eigenvalue weighted by Gasteiger charge is 2.46. The summed E-state index contributed by atoms with van der Waals surface area (Å²) in [6.45, 7) is 9.19. The number of halogens is 2. The van der Waals surface area contributed by atoms with E-state index in [1.165, 1.54) is 24.3 Å². The molecule has 3 fully saturated rings. The Morgan fingerprint density at radius 1 is 0.766 bits per heavy atom. The average Bonchev–Trinajstić information content (AvgIpc) is 4.07. The molecule has 7 rings (SSSR count). The zero-order chi connectivity index (χ0) is 46.3. The molecule has 4 amide bonds. The van der Waals surface area contributed by atoms with Gasteiger partial charge in [0.2, 0.25) is 23.6 Å². The average molecular weight is 893 g/mol. The molecular formula is C46H62F2N8O8. The topological polar surface area (TPSA) is 241 Å². The summed E-state index contributed by atoms with van der Waals surface area (Å²) < 4.78 is 38.7. The van der Waals surface area contributed by atoms with Crippen molar-refractivity contribution in [2.45, 2.75) is 128 Å². The third kappa shape index (κ3) is 9.00. The fourth-order valence-corrected chi connectivity index (χ4v) is 9.98. The van der Waals surface area contributed by atoms with Crippen molar-refractivity contribution < 1.29 is 48.0 Å². The highest BCUT2D eigenvalue weighted by atomic mass is 19.1. The normalized spacial score (nSPS) is 24.9. The summed E-state index contributed by atoms with van der Waals surface area (Å²) in [4.78, 5) is 60.6. The molecular weight excluding hydrogens is 831 g/mol. The summed E-state index contributed by atoms with van der Waals surface area (Å²) in [6, 6.07) is 6.11. The minimum absolute atomic E-state index is 0.212. The number of aromatic amines is 1. The molecule has 16 nitrogen and oxygen atoms in total. The molecule has 4 aromatic rings. The molecule has 2 aromatic heterocycles. The van der Waals surface area contributed by atoms with E-state index in [1.54, 1.807) is 33.4 Å². The molecule has 0 radical (unpaired) electrons. The lowest BCUT2D eigenvalue weighted by Gasteiger charge is -2.41. The molecule has 3 aliphatic rings. The first-order chi connectivity index (χ1) is 30.4. The summed E-state index contributed by atoms with van der Waals surface area (Å²) in [5.41, 5.74) is 14.1. The maximum atomic E-state index is 15.6. The molecule has 3 saturated heterocycles. The Balaban J connectivity index is 1.43. The highest BCUT2D eigenvalue weighted by Crippen LogP contribution is 2.45. The van der Waals surface area contributed by atoms with Gasteiger partial charge < -0.3 is 61.5 Å². The van der Waals surface area contributed by atoms with Gasteiger partial charge in [0.25, 0.3) is 0 Å². The first kappa shape index (κ1) is 47.0. The Labute approximate surface area is 370 Å². The van der Waals surface area contributed by atoms with Crippen LogP contribution < -0.4 is 22.1 Å². The predicted molar refractivity (Wildman–Crippen MR) is 235 cm³/mol. The van der Waals surface area contributed by atoms with Crippen molar-refractivity contribution >= 4 is 45.4 Å². The molecule has 3 aliphatic heterocycles. The van der Waals surface area contributed by atoms with E-state index >= 15 is 8.78 Å². The number of carbonyl (C=O) groups is 4. The number of H-pyrrole nitrogens is 1. The third-order valence-corrected chi connectivity index (χ3v) is 13.3. The molecule has 0 saturated carbocycles.